The number of aliphatic hydroxyl groups is 1. The SMILES string of the molecule is CCCc1nc(CN2CCC(C(C)O)CC2)cs1. The molecule has 3 nitrogen and oxygen atoms in total. The van der Waals surface area contributed by atoms with Gasteiger partial charge in [-0.1, -0.05) is 6.92 Å². The van der Waals surface area contributed by atoms with Crippen molar-refractivity contribution in [3.05, 3.63) is 16.1 Å². The molecule has 1 atom stereocenters. The second-order valence-corrected chi connectivity index (χ2v) is 6.28. The Bertz CT molecular complexity index is 356. The van der Waals surface area contributed by atoms with E-state index in [0.717, 1.165) is 38.9 Å². The Labute approximate surface area is 114 Å². The summed E-state index contributed by atoms with van der Waals surface area (Å²) in [5.41, 5.74) is 1.22. The molecule has 1 fully saturated rings. The minimum atomic E-state index is -0.150. The molecule has 1 aromatic heterocycles. The maximum atomic E-state index is 9.59. The van der Waals surface area contributed by atoms with Crippen molar-refractivity contribution in [3.63, 3.8) is 0 Å². The van der Waals surface area contributed by atoms with E-state index in [1.807, 2.05) is 6.92 Å². The van der Waals surface area contributed by atoms with Crippen molar-refractivity contribution in [2.45, 2.75) is 52.2 Å². The largest absolute Gasteiger partial charge is 0.393 e. The Morgan fingerprint density at radius 3 is 2.83 bits per heavy atom. The van der Waals surface area contributed by atoms with Gasteiger partial charge in [-0.05, 0) is 51.6 Å². The summed E-state index contributed by atoms with van der Waals surface area (Å²) in [6, 6.07) is 0. The van der Waals surface area contributed by atoms with Crippen LogP contribution in [0.25, 0.3) is 0 Å². The fraction of sp³-hybridized carbons (Fsp3) is 0.786. The van der Waals surface area contributed by atoms with E-state index in [1.165, 1.54) is 17.1 Å². The lowest BCUT2D eigenvalue weighted by Crippen LogP contribution is -2.36. The van der Waals surface area contributed by atoms with Gasteiger partial charge in [0.25, 0.3) is 0 Å². The lowest BCUT2D eigenvalue weighted by atomic mass is 9.92. The van der Waals surface area contributed by atoms with Gasteiger partial charge in [-0.15, -0.1) is 11.3 Å². The minimum absolute atomic E-state index is 0.150. The zero-order valence-electron chi connectivity index (χ0n) is 11.4. The highest BCUT2D eigenvalue weighted by atomic mass is 32.1. The first-order valence-electron chi connectivity index (χ1n) is 7.02. The summed E-state index contributed by atoms with van der Waals surface area (Å²) in [6.45, 7) is 7.28. The Morgan fingerprint density at radius 1 is 1.50 bits per heavy atom. The van der Waals surface area contributed by atoms with Crippen molar-refractivity contribution in [1.29, 1.82) is 0 Å². The number of thiazole rings is 1. The number of aryl methyl sites for hydroxylation is 1. The second-order valence-electron chi connectivity index (χ2n) is 5.34. The van der Waals surface area contributed by atoms with E-state index >= 15 is 0 Å². The second kappa shape index (κ2) is 6.64. The van der Waals surface area contributed by atoms with Crippen LogP contribution in [0.15, 0.2) is 5.38 Å². The van der Waals surface area contributed by atoms with Gasteiger partial charge < -0.3 is 5.11 Å². The summed E-state index contributed by atoms with van der Waals surface area (Å²) in [7, 11) is 0. The topological polar surface area (TPSA) is 36.4 Å². The van der Waals surface area contributed by atoms with Gasteiger partial charge in [0, 0.05) is 11.9 Å². The van der Waals surface area contributed by atoms with Crippen molar-refractivity contribution in [3.8, 4) is 0 Å². The number of rotatable bonds is 5. The molecule has 0 aliphatic carbocycles. The molecule has 0 radical (unpaired) electrons. The number of nitrogens with zero attached hydrogens (tertiary/aromatic N) is 2. The maximum absolute atomic E-state index is 9.59. The van der Waals surface area contributed by atoms with Gasteiger partial charge >= 0.3 is 0 Å². The molecule has 1 aromatic rings. The van der Waals surface area contributed by atoms with Gasteiger partial charge in [-0.3, -0.25) is 4.90 Å². The van der Waals surface area contributed by atoms with Crippen LogP contribution in [-0.4, -0.2) is 34.2 Å². The van der Waals surface area contributed by atoms with Gasteiger partial charge in [0.15, 0.2) is 0 Å². The van der Waals surface area contributed by atoms with Gasteiger partial charge in [-0.2, -0.15) is 0 Å². The molecule has 0 amide bonds. The molecular formula is C14H24N2OS. The van der Waals surface area contributed by atoms with Crippen molar-refractivity contribution in [2.24, 2.45) is 5.92 Å². The lowest BCUT2D eigenvalue weighted by Gasteiger charge is -2.32. The third-order valence-corrected chi connectivity index (χ3v) is 4.72. The Hall–Kier alpha value is -0.450. The number of hydrogen-bond acceptors (Lipinski definition) is 4. The molecule has 0 saturated carbocycles. The Kier molecular flexibility index (Phi) is 5.15. The number of hydrogen-bond donors (Lipinski definition) is 1. The van der Waals surface area contributed by atoms with E-state index in [-0.39, 0.29) is 6.10 Å². The highest BCUT2D eigenvalue weighted by Crippen LogP contribution is 2.22. The predicted molar refractivity (Wildman–Crippen MR) is 75.8 cm³/mol. The van der Waals surface area contributed by atoms with Crippen molar-refractivity contribution in [2.75, 3.05) is 13.1 Å². The van der Waals surface area contributed by atoms with Crippen LogP contribution in [0.2, 0.25) is 0 Å². The fourth-order valence-electron chi connectivity index (χ4n) is 2.57. The molecule has 1 saturated heterocycles. The first-order valence-corrected chi connectivity index (χ1v) is 7.90. The summed E-state index contributed by atoms with van der Waals surface area (Å²) in [4.78, 5) is 7.14. The first kappa shape index (κ1) is 14.0. The average Bonchev–Trinajstić information content (AvgIpc) is 2.78. The summed E-state index contributed by atoms with van der Waals surface area (Å²) >= 11 is 1.79. The number of likely N-dealkylation sites (tertiary alicyclic amines) is 1. The molecule has 1 aliphatic heterocycles. The maximum Gasteiger partial charge on any atom is 0.0928 e. The van der Waals surface area contributed by atoms with Crippen molar-refractivity contribution >= 4 is 11.3 Å². The summed E-state index contributed by atoms with van der Waals surface area (Å²) < 4.78 is 0. The molecule has 1 unspecified atom stereocenters. The zero-order valence-corrected chi connectivity index (χ0v) is 12.2. The number of aromatic nitrogens is 1. The van der Waals surface area contributed by atoms with Crippen LogP contribution in [0, 0.1) is 5.92 Å². The monoisotopic (exact) mass is 268 g/mol. The number of piperidine rings is 1. The molecule has 1 aliphatic rings. The van der Waals surface area contributed by atoms with Crippen LogP contribution in [0.5, 0.6) is 0 Å². The summed E-state index contributed by atoms with van der Waals surface area (Å²) in [5.74, 6) is 0.493. The normalized spacial score (nSPS) is 20.2. The first-order chi connectivity index (χ1) is 8.69. The van der Waals surface area contributed by atoms with Crippen LogP contribution in [0.1, 0.15) is 43.8 Å². The van der Waals surface area contributed by atoms with E-state index in [0.29, 0.717) is 5.92 Å². The molecule has 0 spiro atoms. The molecule has 2 rings (SSSR count). The van der Waals surface area contributed by atoms with E-state index in [4.69, 9.17) is 0 Å². The highest BCUT2D eigenvalue weighted by Gasteiger charge is 2.22. The molecule has 4 heteroatoms. The molecule has 18 heavy (non-hydrogen) atoms. The molecule has 0 aromatic carbocycles. The highest BCUT2D eigenvalue weighted by molar-refractivity contribution is 7.09. The standard InChI is InChI=1S/C14H24N2OS/c1-3-4-14-15-13(10-18-14)9-16-7-5-12(6-8-16)11(2)17/h10-12,17H,3-9H2,1-2H3. The quantitative estimate of drug-likeness (QED) is 0.892. The molecule has 1 N–H and O–H groups in total. The zero-order chi connectivity index (χ0) is 13.0. The average molecular weight is 268 g/mol. The molecule has 0 bridgehead atoms. The van der Waals surface area contributed by atoms with Crippen LogP contribution < -0.4 is 0 Å². The lowest BCUT2D eigenvalue weighted by molar-refractivity contribution is 0.0692. The van der Waals surface area contributed by atoms with Gasteiger partial charge in [0.2, 0.25) is 0 Å². The van der Waals surface area contributed by atoms with E-state index < -0.39 is 0 Å². The smallest absolute Gasteiger partial charge is 0.0928 e. The van der Waals surface area contributed by atoms with Gasteiger partial charge in [0.1, 0.15) is 0 Å². The summed E-state index contributed by atoms with van der Waals surface area (Å²) in [5, 5.41) is 13.1. The molecule has 2 heterocycles. The third kappa shape index (κ3) is 3.77. The molecular weight excluding hydrogens is 244 g/mol. The van der Waals surface area contributed by atoms with Crippen LogP contribution >= 0.6 is 11.3 Å². The van der Waals surface area contributed by atoms with E-state index in [1.54, 1.807) is 11.3 Å². The van der Waals surface area contributed by atoms with Crippen molar-refractivity contribution < 1.29 is 5.11 Å². The van der Waals surface area contributed by atoms with E-state index in [9.17, 15) is 5.11 Å². The summed E-state index contributed by atoms with van der Waals surface area (Å²) in [6.07, 6.45) is 4.36. The Balaban J connectivity index is 1.80. The number of aliphatic hydroxyl groups excluding tert-OH is 1. The van der Waals surface area contributed by atoms with Crippen LogP contribution in [0.4, 0.5) is 0 Å². The van der Waals surface area contributed by atoms with Gasteiger partial charge in [-0.25, -0.2) is 4.98 Å². The van der Waals surface area contributed by atoms with E-state index in [2.05, 4.69) is 22.2 Å². The van der Waals surface area contributed by atoms with Crippen LogP contribution in [-0.2, 0) is 13.0 Å². The Morgan fingerprint density at radius 2 is 2.22 bits per heavy atom. The predicted octanol–water partition coefficient (Wildman–Crippen LogP) is 2.69. The third-order valence-electron chi connectivity index (χ3n) is 3.76. The molecule has 102 valence electrons. The minimum Gasteiger partial charge on any atom is -0.393 e. The van der Waals surface area contributed by atoms with Crippen LogP contribution in [0.3, 0.4) is 0 Å². The van der Waals surface area contributed by atoms with Crippen molar-refractivity contribution in [1.82, 2.24) is 9.88 Å². The van der Waals surface area contributed by atoms with Gasteiger partial charge in [0.05, 0.1) is 16.8 Å². The fourth-order valence-corrected chi connectivity index (χ4v) is 3.46.